The number of carbonyl (C=O) groups excluding carboxylic acids is 2. The van der Waals surface area contributed by atoms with Crippen molar-refractivity contribution in [1.82, 2.24) is 10.6 Å². The van der Waals surface area contributed by atoms with Crippen LogP contribution in [0.3, 0.4) is 0 Å². The fraction of sp³-hybridized carbons (Fsp3) is 0.366. The van der Waals surface area contributed by atoms with E-state index in [-0.39, 0.29) is 11.8 Å². The molecule has 4 rings (SSSR count). The molecule has 0 radical (unpaired) electrons. The second kappa shape index (κ2) is 15.1. The summed E-state index contributed by atoms with van der Waals surface area (Å²) in [6.45, 7) is 11.3. The minimum atomic E-state index is -1.56. The maximum Gasteiger partial charge on any atom is 0.235 e. The van der Waals surface area contributed by atoms with Crippen molar-refractivity contribution in [2.24, 2.45) is 17.3 Å². The van der Waals surface area contributed by atoms with E-state index in [2.05, 4.69) is 10.6 Å². The average Bonchev–Trinajstić information content (AvgIpc) is 3.08. The normalized spacial score (nSPS) is 13.7. The molecule has 4 aromatic rings. The molecular weight excluding hydrogens is 584 g/mol. The highest BCUT2D eigenvalue weighted by Crippen LogP contribution is 2.38. The third-order valence-electron chi connectivity index (χ3n) is 9.02. The standard InChI is InChI=1S/C41H50N2O4/c1-29(2)27-35(40(46,31-19-11-7-12-20-31)32-21-13-8-14-22-32)42-37(44)39(5,6)38(45)43-36(28-30(3)4)41(47,33-23-15-9-16-24-33)34-25-17-10-18-26-34/h7-26,29-30,35-36,46-47H,27-28H2,1-6H3,(H,42,44)(H,43,45). The van der Waals surface area contributed by atoms with Crippen molar-refractivity contribution in [3.05, 3.63) is 144 Å². The number of hydrogen-bond acceptors (Lipinski definition) is 4. The third kappa shape index (κ3) is 7.83. The number of benzene rings is 4. The molecule has 2 atom stereocenters. The van der Waals surface area contributed by atoms with Crippen LogP contribution in [-0.2, 0) is 20.8 Å². The fourth-order valence-corrected chi connectivity index (χ4v) is 6.30. The summed E-state index contributed by atoms with van der Waals surface area (Å²) < 4.78 is 0. The number of aliphatic hydroxyl groups is 2. The lowest BCUT2D eigenvalue weighted by molar-refractivity contribution is -0.144. The molecule has 47 heavy (non-hydrogen) atoms. The molecule has 0 saturated carbocycles. The molecule has 0 saturated heterocycles. The largest absolute Gasteiger partial charge is 0.378 e. The summed E-state index contributed by atoms with van der Waals surface area (Å²) in [6.07, 6.45) is 0.920. The van der Waals surface area contributed by atoms with Gasteiger partial charge in [-0.05, 0) is 60.8 Å². The van der Waals surface area contributed by atoms with Crippen molar-refractivity contribution in [2.75, 3.05) is 0 Å². The van der Waals surface area contributed by atoms with E-state index in [1.165, 1.54) is 0 Å². The van der Waals surface area contributed by atoms with Crippen LogP contribution in [0.2, 0.25) is 0 Å². The lowest BCUT2D eigenvalue weighted by Crippen LogP contribution is -2.60. The van der Waals surface area contributed by atoms with Crippen molar-refractivity contribution < 1.29 is 19.8 Å². The van der Waals surface area contributed by atoms with E-state index in [1.807, 2.05) is 149 Å². The van der Waals surface area contributed by atoms with Crippen LogP contribution in [0.25, 0.3) is 0 Å². The van der Waals surface area contributed by atoms with Gasteiger partial charge in [0.25, 0.3) is 0 Å². The molecule has 2 amide bonds. The second-order valence-corrected chi connectivity index (χ2v) is 13.9. The molecule has 4 N–H and O–H groups in total. The number of amides is 2. The third-order valence-corrected chi connectivity index (χ3v) is 9.02. The Labute approximate surface area is 280 Å². The second-order valence-electron chi connectivity index (χ2n) is 13.9. The van der Waals surface area contributed by atoms with Crippen molar-refractivity contribution in [3.8, 4) is 0 Å². The van der Waals surface area contributed by atoms with E-state index >= 15 is 0 Å². The molecule has 0 fully saturated rings. The van der Waals surface area contributed by atoms with E-state index in [4.69, 9.17) is 0 Å². The molecule has 6 heteroatoms. The van der Waals surface area contributed by atoms with Gasteiger partial charge in [-0.1, -0.05) is 149 Å². The van der Waals surface area contributed by atoms with E-state index in [0.29, 0.717) is 35.1 Å². The minimum Gasteiger partial charge on any atom is -0.378 e. The monoisotopic (exact) mass is 634 g/mol. The van der Waals surface area contributed by atoms with Crippen LogP contribution in [0, 0.1) is 17.3 Å². The Bertz CT molecular complexity index is 1370. The van der Waals surface area contributed by atoms with Crippen LogP contribution in [0.5, 0.6) is 0 Å². The van der Waals surface area contributed by atoms with Gasteiger partial charge in [-0.3, -0.25) is 9.59 Å². The topological polar surface area (TPSA) is 98.7 Å². The molecule has 0 aliphatic heterocycles. The summed E-state index contributed by atoms with van der Waals surface area (Å²) in [5.41, 5.74) is -2.09. The molecule has 0 heterocycles. The minimum absolute atomic E-state index is 0.123. The predicted octanol–water partition coefficient (Wildman–Crippen LogP) is 6.95. The highest BCUT2D eigenvalue weighted by Gasteiger charge is 2.47. The van der Waals surface area contributed by atoms with Crippen molar-refractivity contribution in [3.63, 3.8) is 0 Å². The highest BCUT2D eigenvalue weighted by molar-refractivity contribution is 6.04. The van der Waals surface area contributed by atoms with Crippen molar-refractivity contribution >= 4 is 11.8 Å². The first kappa shape index (κ1) is 35.6. The summed E-state index contributed by atoms with van der Waals surface area (Å²) in [6, 6.07) is 35.8. The Morgan fingerprint density at radius 1 is 0.511 bits per heavy atom. The smallest absolute Gasteiger partial charge is 0.235 e. The maximum atomic E-state index is 14.3. The summed E-state index contributed by atoms with van der Waals surface area (Å²) in [5.74, 6) is -0.786. The fourth-order valence-electron chi connectivity index (χ4n) is 6.30. The van der Waals surface area contributed by atoms with Gasteiger partial charge in [-0.15, -0.1) is 0 Å². The first-order chi connectivity index (χ1) is 22.3. The predicted molar refractivity (Wildman–Crippen MR) is 188 cm³/mol. The van der Waals surface area contributed by atoms with Crippen molar-refractivity contribution in [2.45, 2.75) is 77.7 Å². The Morgan fingerprint density at radius 2 is 0.745 bits per heavy atom. The highest BCUT2D eigenvalue weighted by atomic mass is 16.3. The van der Waals surface area contributed by atoms with Gasteiger partial charge in [-0.25, -0.2) is 0 Å². The van der Waals surface area contributed by atoms with Crippen LogP contribution >= 0.6 is 0 Å². The summed E-state index contributed by atoms with van der Waals surface area (Å²) in [7, 11) is 0. The SMILES string of the molecule is CC(C)CC(NC(=O)C(C)(C)C(=O)NC(CC(C)C)C(O)(c1ccccc1)c1ccccc1)C(O)(c1ccccc1)c1ccccc1. The van der Waals surface area contributed by atoms with Gasteiger partial charge < -0.3 is 20.8 Å². The molecule has 0 aliphatic carbocycles. The molecule has 4 aromatic carbocycles. The lowest BCUT2D eigenvalue weighted by atomic mass is 9.76. The summed E-state index contributed by atoms with van der Waals surface area (Å²) in [4.78, 5) is 28.5. The first-order valence-corrected chi connectivity index (χ1v) is 16.6. The zero-order valence-corrected chi connectivity index (χ0v) is 28.5. The number of carbonyl (C=O) groups is 2. The number of nitrogens with one attached hydrogen (secondary N) is 2. The zero-order chi connectivity index (χ0) is 34.2. The maximum absolute atomic E-state index is 14.3. The molecule has 6 nitrogen and oxygen atoms in total. The molecule has 0 aliphatic rings. The molecule has 2 unspecified atom stereocenters. The average molecular weight is 635 g/mol. The zero-order valence-electron chi connectivity index (χ0n) is 28.5. The van der Waals surface area contributed by atoms with Crippen LogP contribution in [-0.4, -0.2) is 34.1 Å². The van der Waals surface area contributed by atoms with Gasteiger partial charge >= 0.3 is 0 Å². The molecule has 0 bridgehead atoms. The van der Waals surface area contributed by atoms with Crippen LogP contribution in [0.15, 0.2) is 121 Å². The quantitative estimate of drug-likeness (QED) is 0.113. The Balaban J connectivity index is 1.71. The van der Waals surface area contributed by atoms with Crippen LogP contribution in [0.4, 0.5) is 0 Å². The molecule has 248 valence electrons. The summed E-state index contributed by atoms with van der Waals surface area (Å²) >= 11 is 0. The molecular formula is C41H50N2O4. The lowest BCUT2D eigenvalue weighted by Gasteiger charge is -2.41. The first-order valence-electron chi connectivity index (χ1n) is 16.6. The molecule has 0 spiro atoms. The van der Waals surface area contributed by atoms with Gasteiger partial charge in [0, 0.05) is 0 Å². The van der Waals surface area contributed by atoms with E-state index in [9.17, 15) is 19.8 Å². The van der Waals surface area contributed by atoms with E-state index in [1.54, 1.807) is 13.8 Å². The Hall–Kier alpha value is -4.26. The van der Waals surface area contributed by atoms with Gasteiger partial charge in [-0.2, -0.15) is 0 Å². The van der Waals surface area contributed by atoms with Gasteiger partial charge in [0.2, 0.25) is 11.8 Å². The van der Waals surface area contributed by atoms with Crippen LogP contribution < -0.4 is 10.6 Å². The van der Waals surface area contributed by atoms with Crippen molar-refractivity contribution in [1.29, 1.82) is 0 Å². The number of hydrogen-bond donors (Lipinski definition) is 4. The van der Waals surface area contributed by atoms with Gasteiger partial charge in [0.05, 0.1) is 12.1 Å². The van der Waals surface area contributed by atoms with E-state index in [0.717, 1.165) is 0 Å². The molecule has 0 aromatic heterocycles. The Kier molecular flexibility index (Phi) is 11.4. The Morgan fingerprint density at radius 3 is 0.957 bits per heavy atom. The van der Waals surface area contributed by atoms with Gasteiger partial charge in [0.1, 0.15) is 16.6 Å². The summed E-state index contributed by atoms with van der Waals surface area (Å²) in [5, 5.41) is 31.4. The van der Waals surface area contributed by atoms with Gasteiger partial charge in [0.15, 0.2) is 0 Å². The number of rotatable bonds is 14. The van der Waals surface area contributed by atoms with Crippen LogP contribution in [0.1, 0.15) is 76.6 Å². The van der Waals surface area contributed by atoms with E-state index < -0.39 is 40.5 Å².